The van der Waals surface area contributed by atoms with Crippen LogP contribution in [-0.4, -0.2) is 28.1 Å². The Kier molecular flexibility index (Phi) is 5.04. The minimum Gasteiger partial charge on any atom is -0.389 e. The van der Waals surface area contributed by atoms with E-state index in [0.29, 0.717) is 6.54 Å². The first-order valence-corrected chi connectivity index (χ1v) is 8.60. The predicted octanol–water partition coefficient (Wildman–Crippen LogP) is 2.79. The Morgan fingerprint density at radius 3 is 2.67 bits per heavy atom. The zero-order valence-electron chi connectivity index (χ0n) is 13.2. The molecule has 2 N–H and O–H groups in total. The molecule has 1 aromatic rings. The molecule has 4 nitrogen and oxygen atoms in total. The molecule has 0 spiro atoms. The molecule has 1 fully saturated rings. The summed E-state index contributed by atoms with van der Waals surface area (Å²) >= 11 is 1.65. The van der Waals surface area contributed by atoms with Crippen molar-refractivity contribution in [2.75, 3.05) is 6.54 Å². The molecular weight excluding hydrogens is 284 g/mol. The van der Waals surface area contributed by atoms with Crippen LogP contribution in [0.3, 0.4) is 0 Å². The minimum atomic E-state index is -0.759. The fourth-order valence-corrected chi connectivity index (χ4v) is 3.68. The molecule has 0 radical (unpaired) electrons. The summed E-state index contributed by atoms with van der Waals surface area (Å²) in [7, 11) is 0. The fraction of sp³-hybridized carbons (Fsp3) is 0.750. The van der Waals surface area contributed by atoms with Crippen LogP contribution in [0.5, 0.6) is 0 Å². The Bertz CT molecular complexity index is 485. The summed E-state index contributed by atoms with van der Waals surface area (Å²) in [4.78, 5) is 16.5. The number of hydrogen-bond donors (Lipinski definition) is 2. The van der Waals surface area contributed by atoms with Gasteiger partial charge in [0.1, 0.15) is 0 Å². The Hall–Kier alpha value is -0.940. The summed E-state index contributed by atoms with van der Waals surface area (Å²) in [5.41, 5.74) is 0.420. The highest BCUT2D eigenvalue weighted by atomic mass is 32.1. The number of aromatic nitrogens is 1. The van der Waals surface area contributed by atoms with Crippen LogP contribution < -0.4 is 5.32 Å². The summed E-state index contributed by atoms with van der Waals surface area (Å²) in [6.07, 6.45) is 4.55. The molecule has 0 saturated heterocycles. The second kappa shape index (κ2) is 6.44. The Labute approximate surface area is 131 Å². The van der Waals surface area contributed by atoms with E-state index in [9.17, 15) is 9.90 Å². The topological polar surface area (TPSA) is 62.2 Å². The van der Waals surface area contributed by atoms with Crippen LogP contribution in [0.4, 0.5) is 0 Å². The van der Waals surface area contributed by atoms with E-state index in [4.69, 9.17) is 0 Å². The van der Waals surface area contributed by atoms with Gasteiger partial charge >= 0.3 is 0 Å². The molecule has 0 bridgehead atoms. The van der Waals surface area contributed by atoms with Crippen molar-refractivity contribution in [1.29, 1.82) is 0 Å². The molecule has 2 rings (SSSR count). The third kappa shape index (κ3) is 4.78. The molecule has 1 aliphatic carbocycles. The highest BCUT2D eigenvalue weighted by Crippen LogP contribution is 2.32. The maximum Gasteiger partial charge on any atom is 0.222 e. The fourth-order valence-electron chi connectivity index (χ4n) is 2.65. The monoisotopic (exact) mass is 310 g/mol. The third-order valence-corrected chi connectivity index (χ3v) is 4.91. The Morgan fingerprint density at radius 1 is 1.43 bits per heavy atom. The number of rotatable bonds is 5. The normalized spacial score (nSPS) is 17.9. The molecule has 21 heavy (non-hydrogen) atoms. The van der Waals surface area contributed by atoms with Crippen LogP contribution in [0.25, 0.3) is 0 Å². The minimum absolute atomic E-state index is 0.0491. The Morgan fingerprint density at radius 2 is 2.10 bits per heavy atom. The zero-order valence-corrected chi connectivity index (χ0v) is 14.1. The molecule has 0 aromatic carbocycles. The largest absolute Gasteiger partial charge is 0.389 e. The van der Waals surface area contributed by atoms with Gasteiger partial charge in [0.25, 0.3) is 0 Å². The van der Waals surface area contributed by atoms with Crippen molar-refractivity contribution in [3.8, 4) is 0 Å². The predicted molar refractivity (Wildman–Crippen MR) is 85.6 cm³/mol. The molecular formula is C16H26N2O2S. The van der Waals surface area contributed by atoms with E-state index in [2.05, 4.69) is 36.5 Å². The van der Waals surface area contributed by atoms with E-state index < -0.39 is 5.60 Å². The Balaban J connectivity index is 1.74. The molecule has 0 aliphatic heterocycles. The van der Waals surface area contributed by atoms with E-state index in [1.165, 1.54) is 0 Å². The summed E-state index contributed by atoms with van der Waals surface area (Å²) < 4.78 is 0. The number of amides is 1. The van der Waals surface area contributed by atoms with Gasteiger partial charge in [-0.3, -0.25) is 4.79 Å². The van der Waals surface area contributed by atoms with Crippen LogP contribution in [0.1, 0.15) is 63.6 Å². The number of nitrogens with zero attached hydrogens (tertiary/aromatic N) is 1. The van der Waals surface area contributed by atoms with Crippen LogP contribution in [0, 0.1) is 0 Å². The lowest BCUT2D eigenvalue weighted by atomic mass is 9.93. The average molecular weight is 310 g/mol. The summed E-state index contributed by atoms with van der Waals surface area (Å²) in [6, 6.07) is 0. The standard InChI is InChI=1S/C16H26N2O2S/c1-15(2,3)12-11-21-14(18-12)6-9-17-13(19)10-16(20)7-4-5-8-16/h11,20H,4-10H2,1-3H3,(H,17,19). The van der Waals surface area contributed by atoms with E-state index in [0.717, 1.165) is 42.8 Å². The maximum atomic E-state index is 11.9. The number of aliphatic hydroxyl groups is 1. The van der Waals surface area contributed by atoms with Crippen LogP contribution in [0.2, 0.25) is 0 Å². The van der Waals surface area contributed by atoms with E-state index in [-0.39, 0.29) is 17.7 Å². The molecule has 1 aromatic heterocycles. The maximum absolute atomic E-state index is 11.9. The van der Waals surface area contributed by atoms with Gasteiger partial charge in [0.15, 0.2) is 0 Å². The zero-order chi connectivity index (χ0) is 15.5. The second-order valence-corrected chi connectivity index (χ2v) is 8.03. The quantitative estimate of drug-likeness (QED) is 0.879. The van der Waals surface area contributed by atoms with Gasteiger partial charge in [-0.15, -0.1) is 11.3 Å². The lowest BCUT2D eigenvalue weighted by Crippen LogP contribution is -2.35. The van der Waals surface area contributed by atoms with Crippen molar-refractivity contribution in [1.82, 2.24) is 10.3 Å². The number of carbonyl (C=O) groups excluding carboxylic acids is 1. The van der Waals surface area contributed by atoms with Crippen molar-refractivity contribution in [3.05, 3.63) is 16.1 Å². The van der Waals surface area contributed by atoms with E-state index in [1.54, 1.807) is 11.3 Å². The first-order valence-electron chi connectivity index (χ1n) is 7.72. The number of thiazole rings is 1. The molecule has 0 unspecified atom stereocenters. The molecule has 1 amide bonds. The molecule has 1 aliphatic rings. The summed E-state index contributed by atoms with van der Waals surface area (Å²) in [5.74, 6) is -0.0491. The average Bonchev–Trinajstić information content (AvgIpc) is 2.97. The van der Waals surface area contributed by atoms with Crippen LogP contribution >= 0.6 is 11.3 Å². The van der Waals surface area contributed by atoms with Crippen molar-refractivity contribution < 1.29 is 9.90 Å². The molecule has 5 heteroatoms. The summed E-state index contributed by atoms with van der Waals surface area (Å²) in [5, 5.41) is 16.2. The lowest BCUT2D eigenvalue weighted by molar-refractivity contribution is -0.125. The van der Waals surface area contributed by atoms with Crippen LogP contribution in [0.15, 0.2) is 5.38 Å². The van der Waals surface area contributed by atoms with Crippen LogP contribution in [-0.2, 0) is 16.6 Å². The van der Waals surface area contributed by atoms with E-state index >= 15 is 0 Å². The van der Waals surface area contributed by atoms with Crippen molar-refractivity contribution in [2.45, 2.75) is 70.3 Å². The summed E-state index contributed by atoms with van der Waals surface area (Å²) in [6.45, 7) is 7.04. The van der Waals surface area contributed by atoms with E-state index in [1.807, 2.05) is 0 Å². The van der Waals surface area contributed by atoms with Gasteiger partial charge in [0.05, 0.1) is 22.7 Å². The number of carbonyl (C=O) groups is 1. The SMILES string of the molecule is CC(C)(C)c1csc(CCNC(=O)CC2(O)CCCC2)n1. The van der Waals surface area contributed by atoms with Gasteiger partial charge in [-0.2, -0.15) is 0 Å². The number of hydrogen-bond acceptors (Lipinski definition) is 4. The molecule has 1 heterocycles. The smallest absolute Gasteiger partial charge is 0.222 e. The second-order valence-electron chi connectivity index (χ2n) is 7.08. The van der Waals surface area contributed by atoms with Gasteiger partial charge in [-0.05, 0) is 12.8 Å². The van der Waals surface area contributed by atoms with Gasteiger partial charge in [-0.25, -0.2) is 4.98 Å². The first kappa shape index (κ1) is 16.4. The molecule has 1 saturated carbocycles. The van der Waals surface area contributed by atoms with Gasteiger partial charge in [0, 0.05) is 23.8 Å². The van der Waals surface area contributed by atoms with Gasteiger partial charge < -0.3 is 10.4 Å². The van der Waals surface area contributed by atoms with Gasteiger partial charge in [-0.1, -0.05) is 33.6 Å². The lowest BCUT2D eigenvalue weighted by Gasteiger charge is -2.20. The van der Waals surface area contributed by atoms with Gasteiger partial charge in [0.2, 0.25) is 5.91 Å². The first-order chi connectivity index (χ1) is 9.78. The third-order valence-electron chi connectivity index (χ3n) is 4.01. The highest BCUT2D eigenvalue weighted by molar-refractivity contribution is 7.09. The van der Waals surface area contributed by atoms with Crippen molar-refractivity contribution >= 4 is 17.2 Å². The van der Waals surface area contributed by atoms with Crippen molar-refractivity contribution in [3.63, 3.8) is 0 Å². The number of nitrogens with one attached hydrogen (secondary N) is 1. The van der Waals surface area contributed by atoms with Crippen molar-refractivity contribution in [2.24, 2.45) is 0 Å². The molecule has 0 atom stereocenters. The highest BCUT2D eigenvalue weighted by Gasteiger charge is 2.33. The molecule has 118 valence electrons.